The Morgan fingerprint density at radius 3 is 2.36 bits per heavy atom. The quantitative estimate of drug-likeness (QED) is 0.0664. The van der Waals surface area contributed by atoms with Crippen molar-refractivity contribution in [1.82, 2.24) is 60.5 Å². The molecular formula is C51H66ClN15O5. The van der Waals surface area contributed by atoms with Crippen molar-refractivity contribution in [2.24, 2.45) is 5.73 Å². The zero-order valence-electron chi connectivity index (χ0n) is 40.6. The number of H-pyrrole nitrogens is 1. The molecule has 0 spiro atoms. The van der Waals surface area contributed by atoms with E-state index in [1.807, 2.05) is 42.6 Å². The number of likely N-dealkylation sites (tertiary alicyclic amines) is 1. The monoisotopic (exact) mass is 1000 g/mol. The smallest absolute Gasteiger partial charge is 0.270 e. The van der Waals surface area contributed by atoms with Crippen LogP contribution in [0.5, 0.6) is 0 Å². The van der Waals surface area contributed by atoms with Gasteiger partial charge in [-0.25, -0.2) is 19.9 Å². The number of benzene rings is 2. The molecule has 3 saturated heterocycles. The van der Waals surface area contributed by atoms with Crippen LogP contribution >= 0.6 is 11.6 Å². The number of piperidine rings is 2. The molecule has 382 valence electrons. The summed E-state index contributed by atoms with van der Waals surface area (Å²) in [6, 6.07) is 19.3. The van der Waals surface area contributed by atoms with Crippen LogP contribution < -0.4 is 31.9 Å². The number of carbonyl (C=O) groups is 4. The third-order valence-electron chi connectivity index (χ3n) is 14.6. The van der Waals surface area contributed by atoms with Gasteiger partial charge in [0.15, 0.2) is 0 Å². The van der Waals surface area contributed by atoms with Crippen LogP contribution in [0.15, 0.2) is 79.5 Å². The second kappa shape index (κ2) is 23.5. The van der Waals surface area contributed by atoms with Crippen LogP contribution in [0.4, 0.5) is 11.6 Å². The molecule has 4 aliphatic heterocycles. The van der Waals surface area contributed by atoms with Crippen molar-refractivity contribution in [1.29, 1.82) is 0 Å². The van der Waals surface area contributed by atoms with Gasteiger partial charge < -0.3 is 46.9 Å². The molecule has 0 unspecified atom stereocenters. The molecule has 72 heavy (non-hydrogen) atoms. The number of anilines is 2. The summed E-state index contributed by atoms with van der Waals surface area (Å²) in [6.45, 7) is 7.98. The number of nitrogens with one attached hydrogen (secondary N) is 5. The molecule has 0 aliphatic carbocycles. The third-order valence-corrected chi connectivity index (χ3v) is 14.8. The average Bonchev–Trinajstić information content (AvgIpc) is 3.89. The van der Waals surface area contributed by atoms with Crippen molar-refractivity contribution in [2.45, 2.75) is 68.8 Å². The van der Waals surface area contributed by atoms with E-state index >= 15 is 0 Å². The van der Waals surface area contributed by atoms with E-state index in [1.165, 1.54) is 17.5 Å². The number of amides is 4. The lowest BCUT2D eigenvalue weighted by molar-refractivity contribution is -0.134. The van der Waals surface area contributed by atoms with Crippen LogP contribution in [-0.4, -0.2) is 183 Å². The minimum absolute atomic E-state index is 0.0638. The Bertz CT molecular complexity index is 2650. The normalized spacial score (nSPS) is 18.8. The maximum absolute atomic E-state index is 13.9. The summed E-state index contributed by atoms with van der Waals surface area (Å²) in [7, 11) is 0. The molecule has 0 saturated carbocycles. The van der Waals surface area contributed by atoms with Crippen molar-refractivity contribution in [3.8, 4) is 0 Å². The van der Waals surface area contributed by atoms with Gasteiger partial charge in [-0.05, 0) is 73.4 Å². The number of halogens is 1. The van der Waals surface area contributed by atoms with Gasteiger partial charge >= 0.3 is 0 Å². The molecule has 0 bridgehead atoms. The fourth-order valence-electron chi connectivity index (χ4n) is 10.2. The third kappa shape index (κ3) is 13.0. The van der Waals surface area contributed by atoms with Gasteiger partial charge in [0.1, 0.15) is 35.6 Å². The number of carbonyl (C=O) groups excluding carboxylic acids is 4. The molecule has 9 rings (SSSR count). The SMILES string of the molecule is NC1(C(=O)N[C@@H](CCN2CCN(C(=O)CNC(=O)CN3CCC(Nc4cc(C(=O)NC[C@H](O)CN5CCc6ccccc6C5)ncn4)CC3)CC2)c2ccc(Cl)cc2)CCN(c2ncnc3[nH]ccc23)CC1. The number of nitrogens with zero attached hydrogens (tertiary/aromatic N) is 9. The van der Waals surface area contributed by atoms with E-state index in [0.29, 0.717) is 95.6 Å². The second-order valence-electron chi connectivity index (χ2n) is 19.5. The Morgan fingerprint density at radius 1 is 0.833 bits per heavy atom. The van der Waals surface area contributed by atoms with Crippen molar-refractivity contribution in [2.75, 3.05) is 102 Å². The van der Waals surface area contributed by atoms with Gasteiger partial charge in [-0.3, -0.25) is 33.9 Å². The number of rotatable bonds is 18. The molecule has 8 N–H and O–H groups in total. The first kappa shape index (κ1) is 50.6. The molecule has 21 heteroatoms. The van der Waals surface area contributed by atoms with E-state index in [-0.39, 0.29) is 61.0 Å². The average molecular weight is 1000 g/mol. The van der Waals surface area contributed by atoms with Gasteiger partial charge in [0.25, 0.3) is 5.91 Å². The maximum atomic E-state index is 13.9. The van der Waals surface area contributed by atoms with Crippen molar-refractivity contribution in [3.05, 3.63) is 107 Å². The Balaban J connectivity index is 0.655. The molecule has 0 radical (unpaired) electrons. The van der Waals surface area contributed by atoms with Crippen LogP contribution in [0.3, 0.4) is 0 Å². The first-order valence-corrected chi connectivity index (χ1v) is 25.5. The molecular weight excluding hydrogens is 938 g/mol. The standard InChI is InChI=1S/C51H66ClN15O5/c52-38-7-5-36(6-8-38)42(62-50(72)51(53)14-21-67(22-15-51)48-41-9-16-54-47(41)59-34-60-48)13-20-63-23-25-66(26-24-63)46(70)29-55-45(69)32-64-18-11-39(12-19-64)61-44-27-43(57-33-58-44)49(71)56-28-40(68)31-65-17-10-35-3-1-2-4-37(35)30-65/h1-9,16,27,33-34,39-40,42,68H,10-15,17-26,28-32,53H2,(H,55,69)(H,56,71)(H,62,72)(H,54,59,60)(H,57,58,61)/t40-,42-/m0/s1. The summed E-state index contributed by atoms with van der Waals surface area (Å²) in [5.41, 5.74) is 10.3. The molecule has 2 atom stereocenters. The Morgan fingerprint density at radius 2 is 1.58 bits per heavy atom. The number of aliphatic hydroxyl groups excluding tert-OH is 1. The largest absolute Gasteiger partial charge is 0.390 e. The molecule has 20 nitrogen and oxygen atoms in total. The van der Waals surface area contributed by atoms with E-state index in [0.717, 1.165) is 54.8 Å². The van der Waals surface area contributed by atoms with Gasteiger partial charge in [0.05, 0.1) is 36.2 Å². The topological polar surface area (TPSA) is 246 Å². The van der Waals surface area contributed by atoms with Gasteiger partial charge in [-0.15, -0.1) is 0 Å². The Hall–Kier alpha value is -6.29. The number of fused-ring (bicyclic) bond motifs is 2. The number of β-amino-alcohol motifs (C(OH)–C–C–N with tert-alkyl or cyclic N) is 1. The lowest BCUT2D eigenvalue weighted by atomic mass is 9.87. The summed E-state index contributed by atoms with van der Waals surface area (Å²) < 4.78 is 0. The first-order chi connectivity index (χ1) is 34.9. The predicted octanol–water partition coefficient (Wildman–Crippen LogP) is 1.93. The van der Waals surface area contributed by atoms with Crippen molar-refractivity contribution < 1.29 is 24.3 Å². The van der Waals surface area contributed by atoms with E-state index < -0.39 is 11.6 Å². The number of aromatic amines is 1. The van der Waals surface area contributed by atoms with Crippen LogP contribution in [0.1, 0.15) is 65.3 Å². The number of aromatic nitrogens is 5. The highest BCUT2D eigenvalue weighted by Crippen LogP contribution is 2.30. The highest BCUT2D eigenvalue weighted by atomic mass is 35.5. The summed E-state index contributed by atoms with van der Waals surface area (Å²) in [5, 5.41) is 24.6. The fourth-order valence-corrected chi connectivity index (χ4v) is 10.4. The fraction of sp³-hybridized carbons (Fsp3) is 0.490. The summed E-state index contributed by atoms with van der Waals surface area (Å²) in [6.07, 6.45) is 8.07. The number of piperazine rings is 1. The molecule has 7 heterocycles. The van der Waals surface area contributed by atoms with Gasteiger partial charge in [0.2, 0.25) is 17.7 Å². The number of hydrogen-bond acceptors (Lipinski definition) is 15. The maximum Gasteiger partial charge on any atom is 0.270 e. The van der Waals surface area contributed by atoms with Crippen molar-refractivity contribution in [3.63, 3.8) is 0 Å². The van der Waals surface area contributed by atoms with Gasteiger partial charge in [0, 0.05) is 108 Å². The van der Waals surface area contributed by atoms with E-state index in [4.69, 9.17) is 17.3 Å². The summed E-state index contributed by atoms with van der Waals surface area (Å²) in [4.78, 5) is 84.1. The van der Waals surface area contributed by atoms with E-state index in [2.05, 4.69) is 84.0 Å². The highest BCUT2D eigenvalue weighted by molar-refractivity contribution is 6.30. The molecule has 4 amide bonds. The lowest BCUT2D eigenvalue weighted by Crippen LogP contribution is -2.60. The highest BCUT2D eigenvalue weighted by Gasteiger charge is 2.39. The van der Waals surface area contributed by atoms with Gasteiger partial charge in [-0.1, -0.05) is 48.0 Å². The number of aliphatic hydroxyl groups is 1. The summed E-state index contributed by atoms with van der Waals surface area (Å²) >= 11 is 6.25. The molecule has 5 aromatic rings. The minimum atomic E-state index is -1.04. The second-order valence-corrected chi connectivity index (χ2v) is 20.0. The van der Waals surface area contributed by atoms with Crippen LogP contribution in [-0.2, 0) is 27.3 Å². The predicted molar refractivity (Wildman–Crippen MR) is 274 cm³/mol. The zero-order chi connectivity index (χ0) is 50.0. The number of hydrogen-bond donors (Lipinski definition) is 7. The minimum Gasteiger partial charge on any atom is -0.390 e. The van der Waals surface area contributed by atoms with Crippen LogP contribution in [0, 0.1) is 0 Å². The van der Waals surface area contributed by atoms with Crippen LogP contribution in [0.25, 0.3) is 11.0 Å². The molecule has 3 fully saturated rings. The van der Waals surface area contributed by atoms with Crippen molar-refractivity contribution >= 4 is 57.9 Å². The molecule has 2 aromatic carbocycles. The van der Waals surface area contributed by atoms with Crippen LogP contribution in [0.2, 0.25) is 5.02 Å². The number of nitrogens with two attached hydrogens (primary N) is 1. The Kier molecular flexibility index (Phi) is 16.5. The zero-order valence-corrected chi connectivity index (χ0v) is 41.4. The summed E-state index contributed by atoms with van der Waals surface area (Å²) in [5.74, 6) is 0.491. The molecule has 4 aliphatic rings. The first-order valence-electron chi connectivity index (χ1n) is 25.2. The van der Waals surface area contributed by atoms with Gasteiger partial charge in [-0.2, -0.15) is 0 Å². The van der Waals surface area contributed by atoms with E-state index in [1.54, 1.807) is 17.3 Å². The van der Waals surface area contributed by atoms with E-state index in [9.17, 15) is 24.3 Å². The lowest BCUT2D eigenvalue weighted by Gasteiger charge is -2.39. The Labute approximate surface area is 424 Å². The molecule has 3 aromatic heterocycles.